The van der Waals surface area contributed by atoms with Crippen molar-refractivity contribution in [2.75, 3.05) is 20.7 Å². The first-order valence-corrected chi connectivity index (χ1v) is 4.11. The van der Waals surface area contributed by atoms with Crippen molar-refractivity contribution in [2.45, 2.75) is 18.6 Å². The zero-order valence-corrected chi connectivity index (χ0v) is 8.31. The topological polar surface area (TPSA) is 76.1 Å². The van der Waals surface area contributed by atoms with Gasteiger partial charge in [0.15, 0.2) is 0 Å². The first-order valence-electron chi connectivity index (χ1n) is 4.11. The molecule has 2 atom stereocenters. The number of nitrogens with zero attached hydrogens (tertiary/aromatic N) is 1. The lowest BCUT2D eigenvalue weighted by molar-refractivity contribution is -0.169. The highest BCUT2D eigenvalue weighted by atomic mass is 16.7. The van der Waals surface area contributed by atoms with E-state index in [0.29, 0.717) is 0 Å². The van der Waals surface area contributed by atoms with Gasteiger partial charge >= 0.3 is 12.1 Å². The van der Waals surface area contributed by atoms with Crippen LogP contribution in [0.2, 0.25) is 0 Å². The average molecular weight is 203 g/mol. The molecular weight excluding hydrogens is 190 g/mol. The van der Waals surface area contributed by atoms with Gasteiger partial charge in [-0.15, -0.1) is 0 Å². The van der Waals surface area contributed by atoms with E-state index in [1.165, 1.54) is 0 Å². The molecule has 0 spiro atoms. The van der Waals surface area contributed by atoms with Crippen molar-refractivity contribution in [1.82, 2.24) is 4.90 Å². The minimum Gasteiger partial charge on any atom is -0.478 e. The smallest absolute Gasteiger partial charge is 0.478 e. The van der Waals surface area contributed by atoms with Crippen LogP contribution in [-0.2, 0) is 14.3 Å². The third kappa shape index (κ3) is 1.65. The minimum atomic E-state index is -1.20. The van der Waals surface area contributed by atoms with Crippen LogP contribution in [0.4, 0.5) is 4.79 Å². The van der Waals surface area contributed by atoms with Crippen LogP contribution in [0, 0.1) is 0 Å². The van der Waals surface area contributed by atoms with Crippen molar-refractivity contribution in [3.63, 3.8) is 0 Å². The van der Waals surface area contributed by atoms with Crippen LogP contribution >= 0.6 is 0 Å². The third-order valence-electron chi connectivity index (χ3n) is 2.51. The van der Waals surface area contributed by atoms with E-state index in [1.807, 2.05) is 0 Å². The van der Waals surface area contributed by atoms with E-state index in [-0.39, 0.29) is 6.61 Å². The zero-order chi connectivity index (χ0) is 10.9. The predicted octanol–water partition coefficient (Wildman–Crippen LogP) is -0.0733. The molecule has 0 aromatic heterocycles. The van der Waals surface area contributed by atoms with Crippen molar-refractivity contribution in [1.29, 1.82) is 0 Å². The molecule has 1 aliphatic rings. The Bertz CT molecular complexity index is 264. The molecule has 80 valence electrons. The Kier molecular flexibility index (Phi) is 2.66. The number of ether oxygens (including phenoxy) is 2. The molecule has 0 aromatic carbocycles. The Labute approximate surface area is 81.4 Å². The summed E-state index contributed by atoms with van der Waals surface area (Å²) in [5.74, 6) is -1.17. The van der Waals surface area contributed by atoms with Gasteiger partial charge < -0.3 is 14.6 Å². The zero-order valence-electron chi connectivity index (χ0n) is 8.31. The van der Waals surface area contributed by atoms with Crippen LogP contribution in [0.15, 0.2) is 0 Å². The van der Waals surface area contributed by atoms with E-state index >= 15 is 0 Å². The number of aliphatic carboxylic acids is 1. The Hall–Kier alpha value is -1.30. The second-order valence-corrected chi connectivity index (χ2v) is 3.63. The minimum absolute atomic E-state index is 0.00972. The molecule has 0 aromatic rings. The number of carboxylic acid groups (broad SMARTS) is 1. The van der Waals surface area contributed by atoms with Crippen LogP contribution in [0.3, 0.4) is 0 Å². The van der Waals surface area contributed by atoms with Crippen molar-refractivity contribution in [2.24, 2.45) is 0 Å². The maximum absolute atomic E-state index is 10.9. The van der Waals surface area contributed by atoms with Crippen molar-refractivity contribution < 1.29 is 24.2 Å². The molecule has 1 heterocycles. The summed E-state index contributed by atoms with van der Waals surface area (Å²) in [6, 6.07) is 0. The van der Waals surface area contributed by atoms with Gasteiger partial charge in [-0.2, -0.15) is 0 Å². The standard InChI is InChI=1S/C8H13NO5/c1-8(9(2)3)4-13-7(12)14-5(8)6(10)11/h5H,4H2,1-3H3,(H,10,11). The molecular formula is C8H13NO5. The first-order chi connectivity index (χ1) is 6.38. The van der Waals surface area contributed by atoms with Crippen LogP contribution in [0.25, 0.3) is 0 Å². The first kappa shape index (κ1) is 10.8. The number of cyclic esters (lactones) is 2. The van der Waals surface area contributed by atoms with Gasteiger partial charge in [0.05, 0.1) is 0 Å². The summed E-state index contributed by atoms with van der Waals surface area (Å²) in [7, 11) is 3.41. The van der Waals surface area contributed by atoms with Crippen molar-refractivity contribution in [3.05, 3.63) is 0 Å². The largest absolute Gasteiger partial charge is 0.509 e. The van der Waals surface area contributed by atoms with Gasteiger partial charge in [0.25, 0.3) is 0 Å². The molecule has 0 radical (unpaired) electrons. The molecule has 1 aliphatic heterocycles. The molecule has 1 N–H and O–H groups in total. The number of likely N-dealkylation sites (N-methyl/N-ethyl adjacent to an activating group) is 1. The predicted molar refractivity (Wildman–Crippen MR) is 45.9 cm³/mol. The molecule has 1 saturated heterocycles. The molecule has 1 fully saturated rings. The molecule has 6 heteroatoms. The maximum Gasteiger partial charge on any atom is 0.509 e. The summed E-state index contributed by atoms with van der Waals surface area (Å²) in [5.41, 5.74) is -0.834. The van der Waals surface area contributed by atoms with Gasteiger partial charge in [-0.05, 0) is 21.0 Å². The Morgan fingerprint density at radius 1 is 1.64 bits per heavy atom. The van der Waals surface area contributed by atoms with E-state index in [2.05, 4.69) is 9.47 Å². The Morgan fingerprint density at radius 3 is 2.64 bits per heavy atom. The van der Waals surface area contributed by atoms with Crippen molar-refractivity contribution >= 4 is 12.1 Å². The number of carbonyl (C=O) groups is 2. The quantitative estimate of drug-likeness (QED) is 0.633. The van der Waals surface area contributed by atoms with Gasteiger partial charge in [-0.1, -0.05) is 0 Å². The summed E-state index contributed by atoms with van der Waals surface area (Å²) < 4.78 is 9.29. The summed E-state index contributed by atoms with van der Waals surface area (Å²) in [5, 5.41) is 8.88. The number of hydrogen-bond acceptors (Lipinski definition) is 5. The molecule has 6 nitrogen and oxygen atoms in total. The molecule has 14 heavy (non-hydrogen) atoms. The van der Waals surface area contributed by atoms with Crippen LogP contribution in [0.5, 0.6) is 0 Å². The van der Waals surface area contributed by atoms with Gasteiger partial charge in [-0.3, -0.25) is 4.90 Å². The third-order valence-corrected chi connectivity index (χ3v) is 2.51. The molecule has 0 amide bonds. The molecule has 0 bridgehead atoms. The van der Waals surface area contributed by atoms with Crippen LogP contribution in [0.1, 0.15) is 6.92 Å². The van der Waals surface area contributed by atoms with E-state index in [0.717, 1.165) is 0 Å². The highest BCUT2D eigenvalue weighted by Crippen LogP contribution is 2.25. The SMILES string of the molecule is CN(C)C1(C)COC(=O)OC1C(=O)O. The van der Waals surface area contributed by atoms with Crippen LogP contribution in [-0.4, -0.2) is 54.5 Å². The van der Waals surface area contributed by atoms with Gasteiger partial charge in [-0.25, -0.2) is 9.59 Å². The monoisotopic (exact) mass is 203 g/mol. The summed E-state index contributed by atoms with van der Waals surface area (Å²) in [6.07, 6.45) is -2.13. The second kappa shape index (κ2) is 3.45. The Balaban J connectivity index is 2.93. The lowest BCUT2D eigenvalue weighted by Crippen LogP contribution is -2.62. The van der Waals surface area contributed by atoms with E-state index in [4.69, 9.17) is 5.11 Å². The van der Waals surface area contributed by atoms with Crippen LogP contribution < -0.4 is 0 Å². The van der Waals surface area contributed by atoms with Gasteiger partial charge in [0.1, 0.15) is 12.1 Å². The van der Waals surface area contributed by atoms with E-state index in [9.17, 15) is 9.59 Å². The van der Waals surface area contributed by atoms with Gasteiger partial charge in [0.2, 0.25) is 6.10 Å². The normalized spacial score (nSPS) is 32.3. The molecule has 0 aliphatic carbocycles. The molecule has 0 saturated carbocycles. The fourth-order valence-corrected chi connectivity index (χ4v) is 1.22. The number of rotatable bonds is 2. The number of carboxylic acids is 1. The maximum atomic E-state index is 10.9. The second-order valence-electron chi connectivity index (χ2n) is 3.63. The lowest BCUT2D eigenvalue weighted by atomic mass is 9.93. The van der Waals surface area contributed by atoms with E-state index < -0.39 is 23.8 Å². The summed E-state index contributed by atoms with van der Waals surface area (Å²) >= 11 is 0. The number of carbonyl (C=O) groups excluding carboxylic acids is 1. The fraction of sp³-hybridized carbons (Fsp3) is 0.750. The average Bonchev–Trinajstić information content (AvgIpc) is 2.08. The highest BCUT2D eigenvalue weighted by molar-refractivity contribution is 5.78. The molecule has 2 unspecified atom stereocenters. The molecule has 1 rings (SSSR count). The van der Waals surface area contributed by atoms with E-state index in [1.54, 1.807) is 25.9 Å². The highest BCUT2D eigenvalue weighted by Gasteiger charge is 2.49. The Morgan fingerprint density at radius 2 is 2.21 bits per heavy atom. The fourth-order valence-electron chi connectivity index (χ4n) is 1.22. The van der Waals surface area contributed by atoms with Gasteiger partial charge in [0, 0.05) is 0 Å². The summed E-state index contributed by atoms with van der Waals surface area (Å²) in [4.78, 5) is 23.3. The van der Waals surface area contributed by atoms with Crippen molar-refractivity contribution in [3.8, 4) is 0 Å². The number of hydrogen-bond donors (Lipinski definition) is 1. The lowest BCUT2D eigenvalue weighted by Gasteiger charge is -2.41. The summed E-state index contributed by atoms with van der Waals surface area (Å²) in [6.45, 7) is 1.67.